The average molecular weight is 341 g/mol. The maximum atomic E-state index is 12.5. The van der Waals surface area contributed by atoms with Gasteiger partial charge < -0.3 is 15.2 Å². The molecule has 0 aliphatic rings. The van der Waals surface area contributed by atoms with Gasteiger partial charge in [-0.2, -0.15) is 0 Å². The van der Waals surface area contributed by atoms with E-state index in [0.29, 0.717) is 18.8 Å². The molecule has 0 unspecified atom stereocenters. The monoisotopic (exact) mass is 341 g/mol. The molecule has 24 heavy (non-hydrogen) atoms. The highest BCUT2D eigenvalue weighted by molar-refractivity contribution is 7.17. The third-order valence-electron chi connectivity index (χ3n) is 3.72. The number of carbonyl (C=O) groups excluding carboxylic acids is 2. The molecule has 2 heterocycles. The number of fused-ring (bicyclic) bond motifs is 1. The van der Waals surface area contributed by atoms with Gasteiger partial charge in [0.2, 0.25) is 5.91 Å². The first kappa shape index (κ1) is 16.3. The highest BCUT2D eigenvalue weighted by Crippen LogP contribution is 2.26. The van der Waals surface area contributed by atoms with Gasteiger partial charge in [-0.15, -0.1) is 11.3 Å². The van der Waals surface area contributed by atoms with Crippen molar-refractivity contribution in [3.05, 3.63) is 59.1 Å². The van der Waals surface area contributed by atoms with Gasteiger partial charge in [-0.25, -0.2) is 0 Å². The van der Waals surface area contributed by atoms with Crippen LogP contribution in [0.25, 0.3) is 10.2 Å². The van der Waals surface area contributed by atoms with E-state index in [4.69, 9.17) is 0 Å². The summed E-state index contributed by atoms with van der Waals surface area (Å²) in [4.78, 5) is 24.1. The molecule has 2 amide bonds. The van der Waals surface area contributed by atoms with Crippen molar-refractivity contribution in [1.29, 1.82) is 0 Å². The molecule has 3 aromatic rings. The highest BCUT2D eigenvalue weighted by atomic mass is 32.1. The number of nitrogens with one attached hydrogen (secondary N) is 2. The van der Waals surface area contributed by atoms with E-state index in [2.05, 4.69) is 10.6 Å². The van der Waals surface area contributed by atoms with Crippen molar-refractivity contribution in [2.45, 2.75) is 13.5 Å². The van der Waals surface area contributed by atoms with Crippen LogP contribution in [0, 0.1) is 0 Å². The number of amides is 2. The lowest BCUT2D eigenvalue weighted by atomic mass is 10.2. The van der Waals surface area contributed by atoms with Crippen LogP contribution < -0.4 is 10.6 Å². The fourth-order valence-electron chi connectivity index (χ4n) is 2.61. The zero-order chi connectivity index (χ0) is 16.9. The lowest BCUT2D eigenvalue weighted by molar-refractivity contribution is -0.120. The van der Waals surface area contributed by atoms with E-state index in [0.717, 1.165) is 15.8 Å². The topological polar surface area (TPSA) is 63.1 Å². The molecule has 0 bridgehead atoms. The van der Waals surface area contributed by atoms with Crippen molar-refractivity contribution in [1.82, 2.24) is 15.2 Å². The number of nitrogens with zero attached hydrogens (tertiary/aromatic N) is 1. The number of likely N-dealkylation sites (N-methyl/N-ethyl adjacent to an activating group) is 1. The highest BCUT2D eigenvalue weighted by Gasteiger charge is 2.17. The van der Waals surface area contributed by atoms with Gasteiger partial charge in [-0.05, 0) is 30.0 Å². The first-order valence-electron chi connectivity index (χ1n) is 7.84. The maximum Gasteiger partial charge on any atom is 0.268 e. The van der Waals surface area contributed by atoms with Crippen molar-refractivity contribution in [2.75, 3.05) is 13.1 Å². The number of rotatable bonds is 6. The molecule has 2 aromatic heterocycles. The van der Waals surface area contributed by atoms with Crippen molar-refractivity contribution in [3.63, 3.8) is 0 Å². The molecule has 5 nitrogen and oxygen atoms in total. The largest absolute Gasteiger partial charge is 0.355 e. The second-order valence-corrected chi connectivity index (χ2v) is 6.36. The Hall–Kier alpha value is -2.60. The molecule has 0 saturated carbocycles. The molecule has 3 rings (SSSR count). The standard InChI is InChI=1S/C18H19N3O2S/c1-2-19-17(22)11-20-18(23)15-10-16-14(8-9-24-16)21(15)12-13-6-4-3-5-7-13/h3-10H,2,11-12H2,1H3,(H,19,22)(H,20,23). The zero-order valence-electron chi connectivity index (χ0n) is 13.4. The Morgan fingerprint density at radius 3 is 2.67 bits per heavy atom. The Balaban J connectivity index is 1.84. The van der Waals surface area contributed by atoms with Crippen molar-refractivity contribution in [3.8, 4) is 0 Å². The summed E-state index contributed by atoms with van der Waals surface area (Å²) in [6, 6.07) is 13.9. The molecule has 0 aliphatic heterocycles. The van der Waals surface area contributed by atoms with Crippen molar-refractivity contribution >= 4 is 33.4 Å². The van der Waals surface area contributed by atoms with Gasteiger partial charge in [0.25, 0.3) is 5.91 Å². The number of hydrogen-bond acceptors (Lipinski definition) is 3. The average Bonchev–Trinajstić information content (AvgIpc) is 3.17. The minimum Gasteiger partial charge on any atom is -0.355 e. The maximum absolute atomic E-state index is 12.5. The Labute approximate surface area is 144 Å². The van der Waals surface area contributed by atoms with E-state index in [1.807, 2.05) is 59.3 Å². The molecule has 0 spiro atoms. The van der Waals surface area contributed by atoms with Crippen molar-refractivity contribution in [2.24, 2.45) is 0 Å². The van der Waals surface area contributed by atoms with Gasteiger partial charge in [0.05, 0.1) is 16.8 Å². The van der Waals surface area contributed by atoms with Gasteiger partial charge in [0, 0.05) is 13.1 Å². The summed E-state index contributed by atoms with van der Waals surface area (Å²) < 4.78 is 3.06. The van der Waals surface area contributed by atoms with Crippen LogP contribution in [0.1, 0.15) is 23.0 Å². The molecule has 6 heteroatoms. The van der Waals surface area contributed by atoms with E-state index in [1.165, 1.54) is 0 Å². The summed E-state index contributed by atoms with van der Waals surface area (Å²) in [5.41, 5.74) is 2.73. The first-order valence-corrected chi connectivity index (χ1v) is 8.72. The normalized spacial score (nSPS) is 10.7. The van der Waals surface area contributed by atoms with E-state index in [1.54, 1.807) is 11.3 Å². The molecular weight excluding hydrogens is 322 g/mol. The van der Waals surface area contributed by atoms with E-state index in [9.17, 15) is 9.59 Å². The fourth-order valence-corrected chi connectivity index (χ4v) is 3.43. The summed E-state index contributed by atoms with van der Waals surface area (Å²) >= 11 is 1.60. The molecule has 1 aromatic carbocycles. The predicted octanol–water partition coefficient (Wildman–Crippen LogP) is 2.62. The summed E-state index contributed by atoms with van der Waals surface area (Å²) in [6.07, 6.45) is 0. The number of benzene rings is 1. The number of aromatic nitrogens is 1. The minimum atomic E-state index is -0.236. The van der Waals surface area contributed by atoms with E-state index >= 15 is 0 Å². The quantitative estimate of drug-likeness (QED) is 0.724. The van der Waals surface area contributed by atoms with E-state index < -0.39 is 0 Å². The zero-order valence-corrected chi connectivity index (χ0v) is 14.2. The number of thiophene rings is 1. The van der Waals surface area contributed by atoms with Gasteiger partial charge in [0.15, 0.2) is 0 Å². The van der Waals surface area contributed by atoms with Gasteiger partial charge in [-0.3, -0.25) is 9.59 Å². The molecule has 0 saturated heterocycles. The fraction of sp³-hybridized carbons (Fsp3) is 0.222. The molecular formula is C18H19N3O2S. The van der Waals surface area contributed by atoms with Gasteiger partial charge >= 0.3 is 0 Å². The summed E-state index contributed by atoms with van der Waals surface area (Å²) in [6.45, 7) is 3.00. The molecule has 124 valence electrons. The lowest BCUT2D eigenvalue weighted by Gasteiger charge is -2.11. The number of carbonyl (C=O) groups is 2. The van der Waals surface area contributed by atoms with Gasteiger partial charge in [0.1, 0.15) is 5.69 Å². The molecule has 0 fully saturated rings. The van der Waals surface area contributed by atoms with Crippen LogP contribution in [0.5, 0.6) is 0 Å². The minimum absolute atomic E-state index is 0.0170. The summed E-state index contributed by atoms with van der Waals surface area (Å²) in [5, 5.41) is 7.38. The smallest absolute Gasteiger partial charge is 0.268 e. The van der Waals surface area contributed by atoms with Crippen LogP contribution in [0.3, 0.4) is 0 Å². The van der Waals surface area contributed by atoms with Gasteiger partial charge in [-0.1, -0.05) is 30.3 Å². The van der Waals surface area contributed by atoms with Crippen LogP contribution in [0.15, 0.2) is 47.8 Å². The Bertz CT molecular complexity index is 852. The Kier molecular flexibility index (Phi) is 4.96. The SMILES string of the molecule is CCNC(=O)CNC(=O)c1cc2sccc2n1Cc1ccccc1. The summed E-state index contributed by atoms with van der Waals surface area (Å²) in [5.74, 6) is -0.422. The molecule has 0 aliphatic carbocycles. The number of hydrogen-bond donors (Lipinski definition) is 2. The summed E-state index contributed by atoms with van der Waals surface area (Å²) in [7, 11) is 0. The second kappa shape index (κ2) is 7.31. The first-order chi connectivity index (χ1) is 11.7. The Morgan fingerprint density at radius 2 is 1.92 bits per heavy atom. The van der Waals surface area contributed by atoms with Crippen LogP contribution in [0.2, 0.25) is 0 Å². The van der Waals surface area contributed by atoms with E-state index in [-0.39, 0.29) is 18.4 Å². The molecule has 2 N–H and O–H groups in total. The molecule has 0 radical (unpaired) electrons. The van der Waals surface area contributed by atoms with Crippen molar-refractivity contribution < 1.29 is 9.59 Å². The molecule has 0 atom stereocenters. The van der Waals surface area contributed by atoms with Crippen LogP contribution in [-0.2, 0) is 11.3 Å². The van der Waals surface area contributed by atoms with Crippen LogP contribution in [-0.4, -0.2) is 29.5 Å². The third kappa shape index (κ3) is 3.49. The van der Waals surface area contributed by atoms with Crippen LogP contribution >= 0.6 is 11.3 Å². The second-order valence-electron chi connectivity index (χ2n) is 5.41. The van der Waals surface area contributed by atoms with Crippen LogP contribution in [0.4, 0.5) is 0 Å². The lowest BCUT2D eigenvalue weighted by Crippen LogP contribution is -2.37. The predicted molar refractivity (Wildman–Crippen MR) is 96.4 cm³/mol. The third-order valence-corrected chi connectivity index (χ3v) is 4.58. The Morgan fingerprint density at radius 1 is 1.12 bits per heavy atom.